The molecule has 3 aromatic rings. The fraction of sp³-hybridized carbons (Fsp3) is 0.333. The summed E-state index contributed by atoms with van der Waals surface area (Å²) < 4.78 is 5.85. The van der Waals surface area contributed by atoms with Crippen LogP contribution in [0.3, 0.4) is 0 Å². The summed E-state index contributed by atoms with van der Waals surface area (Å²) in [6.45, 7) is 3.86. The van der Waals surface area contributed by atoms with Gasteiger partial charge in [-0.25, -0.2) is 4.79 Å². The molecule has 8 nitrogen and oxygen atoms in total. The third-order valence-corrected chi connectivity index (χ3v) is 5.59. The van der Waals surface area contributed by atoms with Crippen LogP contribution in [0.2, 0.25) is 0 Å². The predicted octanol–water partition coefficient (Wildman–Crippen LogP) is 2.70. The molecule has 4 rings (SSSR count). The molecule has 1 fully saturated rings. The monoisotopic (exact) mass is 436 g/mol. The largest absolute Gasteiger partial charge is 0.492 e. The molecular weight excluding hydrogens is 408 g/mol. The molecule has 1 aliphatic heterocycles. The maximum atomic E-state index is 11.7. The number of H-pyrrole nitrogens is 2. The Balaban J connectivity index is 1.39. The molecule has 168 valence electrons. The number of nitrogens with zero attached hydrogens (tertiary/aromatic N) is 1. The molecule has 1 aliphatic rings. The first kappa shape index (κ1) is 21.9. The molecule has 0 saturated carbocycles. The van der Waals surface area contributed by atoms with Crippen molar-refractivity contribution in [2.45, 2.75) is 25.5 Å². The summed E-state index contributed by atoms with van der Waals surface area (Å²) in [6.07, 6.45) is 2.87. The molecule has 2 heterocycles. The molecule has 1 saturated heterocycles. The number of aromatic amines is 2. The second-order valence-corrected chi connectivity index (χ2v) is 7.91. The van der Waals surface area contributed by atoms with Gasteiger partial charge in [0.15, 0.2) is 6.23 Å². The Hall–Kier alpha value is -3.36. The zero-order valence-electron chi connectivity index (χ0n) is 17.8. The zero-order chi connectivity index (χ0) is 22.3. The van der Waals surface area contributed by atoms with Crippen LogP contribution in [0, 0.1) is 0 Å². The lowest BCUT2D eigenvalue weighted by molar-refractivity contribution is 0.183. The summed E-state index contributed by atoms with van der Waals surface area (Å²) >= 11 is 0. The molecule has 1 unspecified atom stereocenters. The van der Waals surface area contributed by atoms with Gasteiger partial charge in [-0.05, 0) is 44.1 Å². The van der Waals surface area contributed by atoms with E-state index in [1.807, 2.05) is 30.3 Å². The van der Waals surface area contributed by atoms with Crippen molar-refractivity contribution >= 4 is 5.69 Å². The number of hydrogen-bond acceptors (Lipinski definition) is 6. The standard InChI is InChI=1S/C24H28N4O4/c29-22-16-21(26-24(31)27-22)19-6-2-3-7-20(19)25-23(30)17-8-10-18(11-9-17)32-15-14-28-12-4-1-5-13-28/h2-3,6-11,16,23,25,30H,1,4-5,12-15H2,(H2,26,27,29,31). The van der Waals surface area contributed by atoms with Crippen molar-refractivity contribution in [1.82, 2.24) is 14.9 Å². The van der Waals surface area contributed by atoms with E-state index in [1.54, 1.807) is 18.2 Å². The van der Waals surface area contributed by atoms with Crippen molar-refractivity contribution in [2.24, 2.45) is 0 Å². The van der Waals surface area contributed by atoms with Gasteiger partial charge in [0, 0.05) is 29.4 Å². The quantitative estimate of drug-likeness (QED) is 0.404. The third-order valence-electron chi connectivity index (χ3n) is 5.59. The summed E-state index contributed by atoms with van der Waals surface area (Å²) in [5, 5.41) is 13.7. The van der Waals surface area contributed by atoms with E-state index in [4.69, 9.17) is 4.74 Å². The maximum absolute atomic E-state index is 11.7. The first-order chi connectivity index (χ1) is 15.6. The molecule has 1 atom stereocenters. The first-order valence-electron chi connectivity index (χ1n) is 10.9. The van der Waals surface area contributed by atoms with Crippen LogP contribution in [0.1, 0.15) is 31.1 Å². The molecule has 0 radical (unpaired) electrons. The topological polar surface area (TPSA) is 110 Å². The van der Waals surface area contributed by atoms with Gasteiger partial charge in [0.25, 0.3) is 5.56 Å². The molecular formula is C24H28N4O4. The van der Waals surface area contributed by atoms with E-state index in [1.165, 1.54) is 25.3 Å². The van der Waals surface area contributed by atoms with Crippen LogP contribution < -0.4 is 21.3 Å². The number of benzene rings is 2. The lowest BCUT2D eigenvalue weighted by Crippen LogP contribution is -2.33. The third kappa shape index (κ3) is 5.66. The van der Waals surface area contributed by atoms with Gasteiger partial charge < -0.3 is 20.1 Å². The summed E-state index contributed by atoms with van der Waals surface area (Å²) in [5.41, 5.74) is 1.15. The first-order valence-corrected chi connectivity index (χ1v) is 10.9. The lowest BCUT2D eigenvalue weighted by atomic mass is 10.1. The number of para-hydroxylation sites is 1. The normalized spacial score (nSPS) is 15.3. The molecule has 0 amide bonds. The summed E-state index contributed by atoms with van der Waals surface area (Å²) in [7, 11) is 0. The number of aromatic nitrogens is 2. The summed E-state index contributed by atoms with van der Waals surface area (Å²) in [5.74, 6) is 0.763. The predicted molar refractivity (Wildman–Crippen MR) is 124 cm³/mol. The summed E-state index contributed by atoms with van der Waals surface area (Å²) in [4.78, 5) is 30.5. The highest BCUT2D eigenvalue weighted by Gasteiger charge is 2.13. The van der Waals surface area contributed by atoms with Gasteiger partial charge in [0.1, 0.15) is 12.4 Å². The Morgan fingerprint density at radius 2 is 1.75 bits per heavy atom. The molecule has 32 heavy (non-hydrogen) atoms. The molecule has 8 heteroatoms. The zero-order valence-corrected chi connectivity index (χ0v) is 17.8. The lowest BCUT2D eigenvalue weighted by Gasteiger charge is -2.26. The van der Waals surface area contributed by atoms with Crippen LogP contribution in [0.4, 0.5) is 5.69 Å². The fourth-order valence-corrected chi connectivity index (χ4v) is 3.91. The van der Waals surface area contributed by atoms with Gasteiger partial charge in [-0.15, -0.1) is 0 Å². The van der Waals surface area contributed by atoms with Gasteiger partial charge >= 0.3 is 5.69 Å². The number of anilines is 1. The number of piperidine rings is 1. The number of nitrogens with one attached hydrogen (secondary N) is 3. The van der Waals surface area contributed by atoms with Gasteiger partial charge in [-0.1, -0.05) is 36.8 Å². The van der Waals surface area contributed by atoms with Crippen molar-refractivity contribution in [3.05, 3.63) is 81.0 Å². The van der Waals surface area contributed by atoms with Crippen molar-refractivity contribution in [1.29, 1.82) is 0 Å². The Morgan fingerprint density at radius 1 is 1.00 bits per heavy atom. The maximum Gasteiger partial charge on any atom is 0.326 e. The number of aliphatic hydroxyl groups excluding tert-OH is 1. The van der Waals surface area contributed by atoms with E-state index in [9.17, 15) is 14.7 Å². The van der Waals surface area contributed by atoms with E-state index in [0.717, 1.165) is 25.4 Å². The molecule has 4 N–H and O–H groups in total. The van der Waals surface area contributed by atoms with E-state index < -0.39 is 17.5 Å². The number of hydrogen-bond donors (Lipinski definition) is 4. The number of aliphatic hydroxyl groups is 1. The van der Waals surface area contributed by atoms with Crippen LogP contribution in [-0.4, -0.2) is 46.2 Å². The second kappa shape index (κ2) is 10.3. The highest BCUT2D eigenvalue weighted by atomic mass is 16.5. The minimum atomic E-state index is -0.979. The highest BCUT2D eigenvalue weighted by molar-refractivity contribution is 5.75. The van der Waals surface area contributed by atoms with Crippen LogP contribution in [0.15, 0.2) is 64.2 Å². The van der Waals surface area contributed by atoms with Crippen LogP contribution in [-0.2, 0) is 0 Å². The molecule has 1 aromatic heterocycles. The van der Waals surface area contributed by atoms with E-state index >= 15 is 0 Å². The average Bonchev–Trinajstić information content (AvgIpc) is 2.80. The van der Waals surface area contributed by atoms with E-state index in [2.05, 4.69) is 20.2 Å². The SMILES string of the molecule is O=c1cc(-c2ccccc2NC(O)c2ccc(OCCN3CCCCC3)cc2)[nH]c(=O)[nH]1. The smallest absolute Gasteiger partial charge is 0.326 e. The number of ether oxygens (including phenoxy) is 1. The average molecular weight is 437 g/mol. The van der Waals surface area contributed by atoms with Gasteiger partial charge in [0.05, 0.1) is 5.69 Å². The van der Waals surface area contributed by atoms with Crippen LogP contribution in [0.25, 0.3) is 11.3 Å². The van der Waals surface area contributed by atoms with Gasteiger partial charge in [-0.2, -0.15) is 0 Å². The number of likely N-dealkylation sites (tertiary alicyclic amines) is 1. The molecule has 2 aromatic carbocycles. The van der Waals surface area contributed by atoms with Gasteiger partial charge in [-0.3, -0.25) is 14.7 Å². The van der Waals surface area contributed by atoms with Crippen LogP contribution in [0.5, 0.6) is 5.75 Å². The minimum Gasteiger partial charge on any atom is -0.492 e. The minimum absolute atomic E-state index is 0.367. The van der Waals surface area contributed by atoms with Crippen molar-refractivity contribution < 1.29 is 9.84 Å². The van der Waals surface area contributed by atoms with Gasteiger partial charge in [0.2, 0.25) is 0 Å². The Kier molecular flexibility index (Phi) is 7.03. The van der Waals surface area contributed by atoms with Crippen molar-refractivity contribution in [2.75, 3.05) is 31.6 Å². The summed E-state index contributed by atoms with van der Waals surface area (Å²) in [6, 6.07) is 15.8. The van der Waals surface area contributed by atoms with Crippen LogP contribution >= 0.6 is 0 Å². The molecule has 0 bridgehead atoms. The fourth-order valence-electron chi connectivity index (χ4n) is 3.91. The Morgan fingerprint density at radius 3 is 2.50 bits per heavy atom. The van der Waals surface area contributed by atoms with Crippen molar-refractivity contribution in [3.63, 3.8) is 0 Å². The Bertz CT molecular complexity index is 1110. The van der Waals surface area contributed by atoms with Crippen molar-refractivity contribution in [3.8, 4) is 17.0 Å². The second-order valence-electron chi connectivity index (χ2n) is 7.91. The van der Waals surface area contributed by atoms with E-state index in [0.29, 0.717) is 29.1 Å². The highest BCUT2D eigenvalue weighted by Crippen LogP contribution is 2.28. The van der Waals surface area contributed by atoms with E-state index in [-0.39, 0.29) is 0 Å². The number of rotatable bonds is 8. The Labute approximate surface area is 185 Å². The molecule has 0 spiro atoms. The molecule has 0 aliphatic carbocycles.